The third kappa shape index (κ3) is 8.63. The summed E-state index contributed by atoms with van der Waals surface area (Å²) in [5.74, 6) is 1.41. The van der Waals surface area contributed by atoms with E-state index < -0.39 is 0 Å². The van der Waals surface area contributed by atoms with E-state index >= 15 is 0 Å². The molecule has 0 aromatic heterocycles. The summed E-state index contributed by atoms with van der Waals surface area (Å²) in [5.41, 5.74) is 0.912. The number of hydrogen-bond donors (Lipinski definition) is 3. The molecule has 5 nitrogen and oxygen atoms in total. The Morgan fingerprint density at radius 1 is 1.23 bits per heavy atom. The lowest BCUT2D eigenvalue weighted by Crippen LogP contribution is -2.40. The van der Waals surface area contributed by atoms with Crippen LogP contribution in [0.15, 0.2) is 29.3 Å². The molecule has 2 atom stereocenters. The number of nitrogens with one attached hydrogen (secondary N) is 2. The van der Waals surface area contributed by atoms with Crippen molar-refractivity contribution in [1.82, 2.24) is 10.6 Å². The van der Waals surface area contributed by atoms with Gasteiger partial charge in [0.2, 0.25) is 0 Å². The number of aliphatic hydroxyl groups is 1. The maximum atomic E-state index is 13.1. The first kappa shape index (κ1) is 22.4. The highest BCUT2D eigenvalue weighted by Gasteiger charge is 2.13. The van der Waals surface area contributed by atoms with E-state index in [2.05, 4.69) is 29.5 Å². The van der Waals surface area contributed by atoms with Crippen molar-refractivity contribution in [3.63, 3.8) is 0 Å². The van der Waals surface area contributed by atoms with Crippen molar-refractivity contribution in [2.24, 2.45) is 16.8 Å². The second-order valence-electron chi connectivity index (χ2n) is 6.88. The van der Waals surface area contributed by atoms with Gasteiger partial charge in [-0.15, -0.1) is 0 Å². The summed E-state index contributed by atoms with van der Waals surface area (Å²) in [7, 11) is 1.64. The van der Waals surface area contributed by atoms with Crippen LogP contribution in [0.1, 0.15) is 45.3 Å². The highest BCUT2D eigenvalue weighted by Crippen LogP contribution is 2.17. The number of guanidine groups is 1. The predicted molar refractivity (Wildman–Crippen MR) is 105 cm³/mol. The Morgan fingerprint density at radius 2 is 1.92 bits per heavy atom. The molecule has 3 N–H and O–H groups in total. The molecule has 6 heteroatoms. The van der Waals surface area contributed by atoms with Crippen LogP contribution in [0.2, 0.25) is 0 Å². The first-order chi connectivity index (χ1) is 12.5. The fraction of sp³-hybridized carbons (Fsp3) is 0.650. The smallest absolute Gasteiger partial charge is 0.191 e. The van der Waals surface area contributed by atoms with Crippen molar-refractivity contribution < 1.29 is 14.2 Å². The molecular weight excluding hydrogens is 333 g/mol. The summed E-state index contributed by atoms with van der Waals surface area (Å²) in [5, 5.41) is 15.8. The number of rotatable bonds is 11. The zero-order valence-corrected chi connectivity index (χ0v) is 16.5. The quantitative estimate of drug-likeness (QED) is 0.415. The molecule has 0 radical (unpaired) electrons. The van der Waals surface area contributed by atoms with Gasteiger partial charge in [0, 0.05) is 33.4 Å². The van der Waals surface area contributed by atoms with Gasteiger partial charge in [-0.2, -0.15) is 0 Å². The van der Waals surface area contributed by atoms with Crippen LogP contribution in [-0.4, -0.2) is 44.4 Å². The lowest BCUT2D eigenvalue weighted by atomic mass is 9.94. The van der Waals surface area contributed by atoms with E-state index in [1.807, 2.05) is 6.92 Å². The fourth-order valence-electron chi connectivity index (χ4n) is 2.90. The van der Waals surface area contributed by atoms with E-state index in [1.165, 1.54) is 12.1 Å². The first-order valence-corrected chi connectivity index (χ1v) is 9.41. The van der Waals surface area contributed by atoms with E-state index in [9.17, 15) is 9.50 Å². The van der Waals surface area contributed by atoms with Gasteiger partial charge in [-0.25, -0.2) is 4.39 Å². The molecule has 0 aliphatic heterocycles. The van der Waals surface area contributed by atoms with E-state index in [4.69, 9.17) is 4.74 Å². The minimum absolute atomic E-state index is 0.188. The second-order valence-corrected chi connectivity index (χ2v) is 6.88. The Kier molecular flexibility index (Phi) is 10.9. The second kappa shape index (κ2) is 12.7. The Bertz CT molecular complexity index is 520. The normalized spacial score (nSPS) is 14.3. The lowest BCUT2D eigenvalue weighted by molar-refractivity contribution is 0.106. The van der Waals surface area contributed by atoms with Crippen LogP contribution >= 0.6 is 0 Å². The molecular formula is C20H34FN3O2. The van der Waals surface area contributed by atoms with Crippen LogP contribution in [0.5, 0.6) is 0 Å². The number of benzene rings is 1. The molecule has 0 fully saturated rings. The molecule has 26 heavy (non-hydrogen) atoms. The molecule has 1 aromatic rings. The maximum absolute atomic E-state index is 13.1. The van der Waals surface area contributed by atoms with Crippen LogP contribution < -0.4 is 10.6 Å². The summed E-state index contributed by atoms with van der Waals surface area (Å²) in [4.78, 5) is 4.67. The maximum Gasteiger partial charge on any atom is 0.191 e. The third-order valence-corrected chi connectivity index (χ3v) is 4.18. The molecule has 0 aliphatic rings. The van der Waals surface area contributed by atoms with Gasteiger partial charge in [0.25, 0.3) is 0 Å². The lowest BCUT2D eigenvalue weighted by Gasteiger charge is -2.20. The SMILES string of the molecule is CCNC(=NCC(CCO)CC(C)C)NCC(OC)c1ccc(F)cc1. The Balaban J connectivity index is 2.68. The van der Waals surface area contributed by atoms with Crippen LogP contribution in [0.4, 0.5) is 4.39 Å². The largest absolute Gasteiger partial charge is 0.396 e. The van der Waals surface area contributed by atoms with E-state index in [-0.39, 0.29) is 18.5 Å². The van der Waals surface area contributed by atoms with E-state index in [0.717, 1.165) is 30.9 Å². The van der Waals surface area contributed by atoms with Gasteiger partial charge in [0.05, 0.1) is 6.10 Å². The summed E-state index contributed by atoms with van der Waals surface area (Å²) in [6.45, 7) is 8.53. The Labute approximate surface area is 157 Å². The zero-order valence-electron chi connectivity index (χ0n) is 16.5. The average molecular weight is 368 g/mol. The standard InChI is InChI=1S/C20H34FN3O2/c1-5-22-20(23-13-16(10-11-25)12-15(2)3)24-14-19(26-4)17-6-8-18(21)9-7-17/h6-9,15-16,19,25H,5,10-14H2,1-4H3,(H2,22,23,24). The van der Waals surface area contributed by atoms with Gasteiger partial charge in [-0.3, -0.25) is 4.99 Å². The van der Waals surface area contributed by atoms with Gasteiger partial charge in [0.15, 0.2) is 5.96 Å². The van der Waals surface area contributed by atoms with Crippen molar-refractivity contribution in [3.05, 3.63) is 35.6 Å². The van der Waals surface area contributed by atoms with Gasteiger partial charge in [0.1, 0.15) is 5.82 Å². The molecule has 0 heterocycles. The summed E-state index contributed by atoms with van der Waals surface area (Å²) < 4.78 is 18.6. The van der Waals surface area contributed by atoms with Crippen molar-refractivity contribution >= 4 is 5.96 Å². The highest BCUT2D eigenvalue weighted by molar-refractivity contribution is 5.79. The average Bonchev–Trinajstić information content (AvgIpc) is 2.61. The minimum atomic E-state index is -0.258. The summed E-state index contributed by atoms with van der Waals surface area (Å²) >= 11 is 0. The van der Waals surface area contributed by atoms with Crippen LogP contribution in [0.3, 0.4) is 0 Å². The molecule has 0 spiro atoms. The van der Waals surface area contributed by atoms with Crippen molar-refractivity contribution in [2.45, 2.75) is 39.7 Å². The molecule has 0 amide bonds. The summed E-state index contributed by atoms with van der Waals surface area (Å²) in [6.07, 6.45) is 1.61. The molecule has 0 saturated heterocycles. The van der Waals surface area contributed by atoms with Crippen molar-refractivity contribution in [2.75, 3.05) is 33.4 Å². The van der Waals surface area contributed by atoms with E-state index in [1.54, 1.807) is 19.2 Å². The summed E-state index contributed by atoms with van der Waals surface area (Å²) in [6, 6.07) is 6.34. The molecule has 1 aromatic carbocycles. The topological polar surface area (TPSA) is 65.9 Å². The number of hydrogen-bond acceptors (Lipinski definition) is 3. The number of methoxy groups -OCH3 is 1. The Morgan fingerprint density at radius 3 is 2.46 bits per heavy atom. The van der Waals surface area contributed by atoms with Crippen molar-refractivity contribution in [3.8, 4) is 0 Å². The van der Waals surface area contributed by atoms with Gasteiger partial charge in [-0.1, -0.05) is 26.0 Å². The Hall–Kier alpha value is -1.66. The number of aliphatic hydroxyl groups excluding tert-OH is 1. The first-order valence-electron chi connectivity index (χ1n) is 9.41. The number of ether oxygens (including phenoxy) is 1. The third-order valence-electron chi connectivity index (χ3n) is 4.18. The van der Waals surface area contributed by atoms with Gasteiger partial charge >= 0.3 is 0 Å². The van der Waals surface area contributed by atoms with E-state index in [0.29, 0.717) is 24.9 Å². The van der Waals surface area contributed by atoms with Gasteiger partial charge < -0.3 is 20.5 Å². The molecule has 0 saturated carbocycles. The van der Waals surface area contributed by atoms with Crippen LogP contribution in [0.25, 0.3) is 0 Å². The predicted octanol–water partition coefficient (Wildman–Crippen LogP) is 3.11. The zero-order chi connectivity index (χ0) is 19.4. The minimum Gasteiger partial charge on any atom is -0.396 e. The van der Waals surface area contributed by atoms with Crippen LogP contribution in [0, 0.1) is 17.7 Å². The highest BCUT2D eigenvalue weighted by atomic mass is 19.1. The molecule has 1 rings (SSSR count). The van der Waals surface area contributed by atoms with Crippen LogP contribution in [-0.2, 0) is 4.74 Å². The van der Waals surface area contributed by atoms with Gasteiger partial charge in [-0.05, 0) is 49.3 Å². The molecule has 0 aliphatic carbocycles. The number of halogens is 1. The monoisotopic (exact) mass is 367 g/mol. The number of aliphatic imine (C=N–C) groups is 1. The molecule has 2 unspecified atom stereocenters. The number of nitrogens with zero attached hydrogens (tertiary/aromatic N) is 1. The van der Waals surface area contributed by atoms with Crippen molar-refractivity contribution in [1.29, 1.82) is 0 Å². The molecule has 148 valence electrons. The molecule has 0 bridgehead atoms. The fourth-order valence-corrected chi connectivity index (χ4v) is 2.90.